The second-order valence-electron chi connectivity index (χ2n) is 16.7. The number of carbonyl (C=O) groups is 2. The zero-order chi connectivity index (χ0) is 47.7. The second kappa shape index (κ2) is 55.1. The smallest absolute Gasteiger partial charge is 0.310 e. The molecule has 0 N–H and O–H groups in total. The van der Waals surface area contributed by atoms with Crippen molar-refractivity contribution in [1.82, 2.24) is 0 Å². The maximum absolute atomic E-state index is 12.8. The summed E-state index contributed by atoms with van der Waals surface area (Å²) in [7, 11) is 0. The van der Waals surface area contributed by atoms with Crippen LogP contribution in [0.25, 0.3) is 0 Å². The molecule has 0 bridgehead atoms. The number of allylic oxidation sites excluding steroid dienone is 23. The van der Waals surface area contributed by atoms with Crippen LogP contribution < -0.4 is 0 Å². The summed E-state index contributed by atoms with van der Waals surface area (Å²) in [5.41, 5.74) is 0. The first kappa shape index (κ1) is 61.8. The van der Waals surface area contributed by atoms with Gasteiger partial charge < -0.3 is 14.2 Å². The third kappa shape index (κ3) is 52.4. The number of unbranched alkanes of at least 4 members (excludes halogenated alkanes) is 12. The molecule has 0 fully saturated rings. The van der Waals surface area contributed by atoms with Crippen molar-refractivity contribution in [3.63, 3.8) is 0 Å². The van der Waals surface area contributed by atoms with E-state index in [4.69, 9.17) is 14.2 Å². The Kier molecular flexibility index (Phi) is 51.6. The lowest BCUT2D eigenvalue weighted by atomic mass is 10.1. The highest BCUT2D eigenvalue weighted by molar-refractivity contribution is 5.71. The number of rotatable bonds is 46. The molecule has 0 radical (unpaired) electrons. The van der Waals surface area contributed by atoms with Gasteiger partial charge in [0.15, 0.2) is 6.10 Å². The minimum Gasteiger partial charge on any atom is -0.462 e. The molecule has 0 aromatic heterocycles. The topological polar surface area (TPSA) is 61.8 Å². The van der Waals surface area contributed by atoms with Crippen molar-refractivity contribution in [3.8, 4) is 0 Å². The third-order valence-corrected chi connectivity index (χ3v) is 10.4. The van der Waals surface area contributed by atoms with E-state index in [1.165, 1.54) is 70.6 Å². The van der Waals surface area contributed by atoms with Crippen LogP contribution in [0.15, 0.2) is 146 Å². The Morgan fingerprint density at radius 3 is 1.17 bits per heavy atom. The first-order chi connectivity index (χ1) is 32.6. The molecule has 0 saturated carbocycles. The Bertz CT molecular complexity index is 1450. The summed E-state index contributed by atoms with van der Waals surface area (Å²) >= 11 is 0. The molecule has 1 atom stereocenters. The quantitative estimate of drug-likeness (QED) is 0.0346. The SMILES string of the molecule is CC/C=C\C/C=C\C/C=C\C/C=C\C/C=C\CCCC(=O)OCC(COCCCCCCCCCC/C=C\C/C=C\CCCCC)OC(=O)C/C=C\C/C=C\C/C=C\C/C=C\C/C=C\CC. The van der Waals surface area contributed by atoms with Crippen molar-refractivity contribution in [3.05, 3.63) is 146 Å². The van der Waals surface area contributed by atoms with Gasteiger partial charge in [-0.2, -0.15) is 0 Å². The standard InChI is InChI=1S/C61H96O5/c1-4-7-10-13-16-19-22-25-28-30-32-35-38-41-44-47-50-53-56-64-57-59(66-61(63)55-52-49-46-43-40-37-33-27-24-21-18-15-12-9-6-3)58-65-60(62)54-51-48-45-42-39-36-34-31-29-26-23-20-17-14-11-8-5-2/h8-9,11-12,16-21,25-29,33-34,36,40,42-43,45,49,52,59H,4-7,10,13-15,22-24,30-32,35,37-39,41,44,46-48,50-51,53-58H2,1-3H3/b11-8-,12-9-,19-16-,20-17-,21-18-,28-25-,29-26-,33-27-,36-34-,43-40-,45-42-,52-49-. The Labute approximate surface area is 406 Å². The number of hydrogen-bond donors (Lipinski definition) is 0. The molecular weight excluding hydrogens is 813 g/mol. The van der Waals surface area contributed by atoms with Gasteiger partial charge in [0, 0.05) is 13.0 Å². The molecule has 5 heteroatoms. The van der Waals surface area contributed by atoms with E-state index < -0.39 is 6.10 Å². The molecule has 0 saturated heterocycles. The van der Waals surface area contributed by atoms with Crippen molar-refractivity contribution in [2.24, 2.45) is 0 Å². The lowest BCUT2D eigenvalue weighted by Gasteiger charge is -2.18. The van der Waals surface area contributed by atoms with Crippen LogP contribution in [0, 0.1) is 0 Å². The van der Waals surface area contributed by atoms with Crippen molar-refractivity contribution in [2.45, 2.75) is 207 Å². The molecule has 0 aromatic carbocycles. The number of esters is 2. The Morgan fingerprint density at radius 2 is 0.727 bits per heavy atom. The van der Waals surface area contributed by atoms with Gasteiger partial charge in [0.2, 0.25) is 0 Å². The molecule has 0 amide bonds. The minimum absolute atomic E-state index is 0.00384. The van der Waals surface area contributed by atoms with E-state index in [9.17, 15) is 9.59 Å². The molecular formula is C61H96O5. The number of hydrogen-bond acceptors (Lipinski definition) is 5. The van der Waals surface area contributed by atoms with E-state index in [2.05, 4.69) is 154 Å². The van der Waals surface area contributed by atoms with Gasteiger partial charge >= 0.3 is 11.9 Å². The number of ether oxygens (including phenoxy) is 3. The predicted octanol–water partition coefficient (Wildman–Crippen LogP) is 18.1. The van der Waals surface area contributed by atoms with Gasteiger partial charge in [0.1, 0.15) is 6.61 Å². The molecule has 0 heterocycles. The zero-order valence-corrected chi connectivity index (χ0v) is 42.4. The lowest BCUT2D eigenvalue weighted by molar-refractivity contribution is -0.162. The third-order valence-electron chi connectivity index (χ3n) is 10.4. The summed E-state index contributed by atoms with van der Waals surface area (Å²) in [6.45, 7) is 7.37. The first-order valence-corrected chi connectivity index (χ1v) is 26.4. The van der Waals surface area contributed by atoms with Crippen LogP contribution in [0.5, 0.6) is 0 Å². The molecule has 0 rings (SSSR count). The maximum Gasteiger partial charge on any atom is 0.310 e. The van der Waals surface area contributed by atoms with Gasteiger partial charge in [-0.15, -0.1) is 0 Å². The molecule has 0 aliphatic heterocycles. The zero-order valence-electron chi connectivity index (χ0n) is 42.4. The molecule has 0 aromatic rings. The van der Waals surface area contributed by atoms with Gasteiger partial charge in [-0.3, -0.25) is 9.59 Å². The molecule has 0 spiro atoms. The predicted molar refractivity (Wildman–Crippen MR) is 288 cm³/mol. The van der Waals surface area contributed by atoms with Crippen LogP contribution in [0.1, 0.15) is 201 Å². The van der Waals surface area contributed by atoms with Crippen LogP contribution in [-0.2, 0) is 23.8 Å². The van der Waals surface area contributed by atoms with Crippen molar-refractivity contribution >= 4 is 11.9 Å². The molecule has 0 aliphatic rings. The van der Waals surface area contributed by atoms with E-state index in [-0.39, 0.29) is 31.6 Å². The minimum atomic E-state index is -0.628. The fraction of sp³-hybridized carbons (Fsp3) is 0.574. The number of carbonyl (C=O) groups excluding carboxylic acids is 2. The Morgan fingerprint density at radius 1 is 0.364 bits per heavy atom. The van der Waals surface area contributed by atoms with E-state index in [1.807, 2.05) is 12.2 Å². The monoisotopic (exact) mass is 909 g/mol. The van der Waals surface area contributed by atoms with Crippen molar-refractivity contribution in [1.29, 1.82) is 0 Å². The lowest BCUT2D eigenvalue weighted by Crippen LogP contribution is -2.29. The normalized spacial score (nSPS) is 13.4. The van der Waals surface area contributed by atoms with Gasteiger partial charge in [0.25, 0.3) is 0 Å². The molecule has 5 nitrogen and oxygen atoms in total. The highest BCUT2D eigenvalue weighted by atomic mass is 16.6. The van der Waals surface area contributed by atoms with Gasteiger partial charge in [-0.25, -0.2) is 0 Å². The van der Waals surface area contributed by atoms with Gasteiger partial charge in [-0.1, -0.05) is 218 Å². The summed E-state index contributed by atoms with van der Waals surface area (Å²) in [4.78, 5) is 25.4. The summed E-state index contributed by atoms with van der Waals surface area (Å²) < 4.78 is 17.3. The Balaban J connectivity index is 4.51. The summed E-state index contributed by atoms with van der Waals surface area (Å²) in [6.07, 6.45) is 80.3. The van der Waals surface area contributed by atoms with Crippen molar-refractivity contribution in [2.75, 3.05) is 19.8 Å². The maximum atomic E-state index is 12.8. The fourth-order valence-corrected chi connectivity index (χ4v) is 6.53. The van der Waals surface area contributed by atoms with Crippen LogP contribution in [0.4, 0.5) is 0 Å². The van der Waals surface area contributed by atoms with E-state index in [1.54, 1.807) is 0 Å². The van der Waals surface area contributed by atoms with Crippen molar-refractivity contribution < 1.29 is 23.8 Å². The Hall–Kier alpha value is -4.22. The largest absolute Gasteiger partial charge is 0.462 e. The molecule has 1 unspecified atom stereocenters. The van der Waals surface area contributed by atoms with E-state index in [0.717, 1.165) is 89.9 Å². The fourth-order valence-electron chi connectivity index (χ4n) is 6.53. The summed E-state index contributed by atoms with van der Waals surface area (Å²) in [5, 5.41) is 0. The second-order valence-corrected chi connectivity index (χ2v) is 16.7. The summed E-state index contributed by atoms with van der Waals surface area (Å²) in [6, 6.07) is 0. The summed E-state index contributed by atoms with van der Waals surface area (Å²) in [5.74, 6) is -0.626. The van der Waals surface area contributed by atoms with Gasteiger partial charge in [-0.05, 0) is 116 Å². The van der Waals surface area contributed by atoms with Crippen LogP contribution in [0.2, 0.25) is 0 Å². The molecule has 66 heavy (non-hydrogen) atoms. The average Bonchev–Trinajstić information content (AvgIpc) is 3.32. The molecule has 0 aliphatic carbocycles. The first-order valence-electron chi connectivity index (χ1n) is 26.4. The van der Waals surface area contributed by atoms with E-state index >= 15 is 0 Å². The molecule has 370 valence electrons. The average molecular weight is 909 g/mol. The highest BCUT2D eigenvalue weighted by Crippen LogP contribution is 2.11. The van der Waals surface area contributed by atoms with Crippen LogP contribution in [-0.4, -0.2) is 37.9 Å². The highest BCUT2D eigenvalue weighted by Gasteiger charge is 2.17. The van der Waals surface area contributed by atoms with Gasteiger partial charge in [0.05, 0.1) is 13.0 Å². The van der Waals surface area contributed by atoms with Crippen LogP contribution in [0.3, 0.4) is 0 Å². The van der Waals surface area contributed by atoms with E-state index in [0.29, 0.717) is 19.4 Å². The van der Waals surface area contributed by atoms with Crippen LogP contribution >= 0.6 is 0 Å².